The van der Waals surface area contributed by atoms with Gasteiger partial charge in [-0.1, -0.05) is 279 Å². The van der Waals surface area contributed by atoms with E-state index in [1.807, 2.05) is 42.7 Å². The predicted molar refractivity (Wildman–Crippen MR) is 414 cm³/mol. The SMILES string of the molecule is c1ccc(-c2ccc(-c3c4ccccc4nc4c3ccc3ccc(-c5ccc(-c6ccnc7c6ccc6cccnc67)cc5)nc34)cc2)cc1.c1ccc(-c2ccc3ccc4ccc(-c5ccc(-c6ccc7ccc8c(-c9ccccc9)c9ccccc9nc8c7n6)cc5)nc4c3n2)cc1. The van der Waals surface area contributed by atoms with Crippen LogP contribution < -0.4 is 0 Å². The van der Waals surface area contributed by atoms with Gasteiger partial charge in [-0.15, -0.1) is 0 Å². The van der Waals surface area contributed by atoms with Crippen molar-refractivity contribution in [2.75, 3.05) is 0 Å². The smallest absolute Gasteiger partial charge is 0.0978 e. The van der Waals surface area contributed by atoms with Gasteiger partial charge < -0.3 is 0 Å². The molecule has 0 unspecified atom stereocenters. The molecule has 0 fully saturated rings. The molecule has 0 bridgehead atoms. The Morgan fingerprint density at radius 2 is 0.490 bits per heavy atom. The molecule has 8 heteroatoms. The number of aromatic nitrogens is 8. The minimum atomic E-state index is 0.900. The second-order valence-corrected chi connectivity index (χ2v) is 25.3. The van der Waals surface area contributed by atoms with E-state index in [1.54, 1.807) is 0 Å². The maximum absolute atomic E-state index is 5.27. The number of pyridine rings is 8. The molecule has 0 aliphatic rings. The van der Waals surface area contributed by atoms with Crippen LogP contribution in [-0.2, 0) is 0 Å². The van der Waals surface area contributed by atoms with E-state index >= 15 is 0 Å². The largest absolute Gasteiger partial charge is 0.254 e. The molecule has 0 aliphatic carbocycles. The molecular formula is C92H56N8. The van der Waals surface area contributed by atoms with Gasteiger partial charge in [0.05, 0.1) is 77.9 Å². The third-order valence-electron chi connectivity index (χ3n) is 19.4. The molecular weight excluding hydrogens is 1220 g/mol. The summed E-state index contributed by atoms with van der Waals surface area (Å²) in [6.45, 7) is 0. The van der Waals surface area contributed by atoms with Gasteiger partial charge in [-0.2, -0.15) is 0 Å². The summed E-state index contributed by atoms with van der Waals surface area (Å²) in [7, 11) is 0. The minimum absolute atomic E-state index is 0.900. The Morgan fingerprint density at radius 3 is 0.980 bits per heavy atom. The van der Waals surface area contributed by atoms with E-state index in [0.717, 1.165) is 171 Å². The average molecular weight is 1270 g/mol. The van der Waals surface area contributed by atoms with Crippen molar-refractivity contribution in [1.29, 1.82) is 0 Å². The summed E-state index contributed by atoms with van der Waals surface area (Å²) in [4.78, 5) is 40.5. The summed E-state index contributed by atoms with van der Waals surface area (Å²) in [6, 6.07) is 114. The molecule has 8 heterocycles. The highest BCUT2D eigenvalue weighted by atomic mass is 14.8. The van der Waals surface area contributed by atoms with Crippen LogP contribution in [0.15, 0.2) is 340 Å². The van der Waals surface area contributed by atoms with Crippen LogP contribution in [0, 0.1) is 0 Å². The molecule has 0 atom stereocenters. The van der Waals surface area contributed by atoms with Crippen LogP contribution in [0.25, 0.3) is 199 Å². The summed E-state index contributed by atoms with van der Waals surface area (Å²) in [5.74, 6) is 0. The summed E-state index contributed by atoms with van der Waals surface area (Å²) < 4.78 is 0. The molecule has 100 heavy (non-hydrogen) atoms. The van der Waals surface area contributed by atoms with Crippen LogP contribution in [-0.4, -0.2) is 39.9 Å². The normalized spacial score (nSPS) is 11.6. The Kier molecular flexibility index (Phi) is 14.0. The van der Waals surface area contributed by atoms with E-state index in [4.69, 9.17) is 34.9 Å². The van der Waals surface area contributed by atoms with Gasteiger partial charge in [0, 0.05) is 99.6 Å². The second-order valence-electron chi connectivity index (χ2n) is 25.3. The van der Waals surface area contributed by atoms with Crippen molar-refractivity contribution in [1.82, 2.24) is 39.9 Å². The van der Waals surface area contributed by atoms with Gasteiger partial charge in [0.15, 0.2) is 0 Å². The lowest BCUT2D eigenvalue weighted by Gasteiger charge is -2.14. The quantitative estimate of drug-likeness (QED) is 0.109. The third-order valence-corrected chi connectivity index (χ3v) is 19.4. The van der Waals surface area contributed by atoms with Crippen molar-refractivity contribution in [3.63, 3.8) is 0 Å². The van der Waals surface area contributed by atoms with E-state index in [1.165, 1.54) is 27.8 Å². The number of nitrogens with zero attached hydrogens (tertiary/aromatic N) is 8. The number of para-hydroxylation sites is 2. The van der Waals surface area contributed by atoms with Crippen molar-refractivity contribution >= 4 is 109 Å². The zero-order valence-corrected chi connectivity index (χ0v) is 53.9. The van der Waals surface area contributed by atoms with E-state index in [0.29, 0.717) is 0 Å². The lowest BCUT2D eigenvalue weighted by molar-refractivity contribution is 1.36. The molecule has 0 saturated carbocycles. The molecule has 0 aliphatic heterocycles. The van der Waals surface area contributed by atoms with Gasteiger partial charge in [0.1, 0.15) is 0 Å². The molecule has 20 rings (SSSR count). The number of hydrogen-bond acceptors (Lipinski definition) is 8. The first-order valence-electron chi connectivity index (χ1n) is 33.6. The van der Waals surface area contributed by atoms with Crippen LogP contribution in [0.3, 0.4) is 0 Å². The highest BCUT2D eigenvalue weighted by Gasteiger charge is 2.19. The fraction of sp³-hybridized carbons (Fsp3) is 0. The first-order valence-corrected chi connectivity index (χ1v) is 33.6. The minimum Gasteiger partial charge on any atom is -0.254 e. The molecule has 464 valence electrons. The Morgan fingerprint density at radius 1 is 0.160 bits per heavy atom. The van der Waals surface area contributed by atoms with Crippen molar-refractivity contribution < 1.29 is 0 Å². The van der Waals surface area contributed by atoms with Crippen LogP contribution in [0.4, 0.5) is 0 Å². The van der Waals surface area contributed by atoms with Crippen molar-refractivity contribution in [3.8, 4) is 89.5 Å². The summed E-state index contributed by atoms with van der Waals surface area (Å²) in [6.07, 6.45) is 3.70. The second kappa shape index (κ2) is 24.3. The zero-order chi connectivity index (χ0) is 66.0. The molecule has 0 N–H and O–H groups in total. The van der Waals surface area contributed by atoms with Crippen molar-refractivity contribution in [2.45, 2.75) is 0 Å². The fourth-order valence-electron chi connectivity index (χ4n) is 14.4. The standard InChI is InChI=1S/2C46H28N4/c1-3-9-29(10-4-1)38-26-22-33-19-20-34-23-27-39(48-44(34)43(33)47-38)30-15-17-31(18-16-30)40-28-24-35-21-25-37-42(32-11-5-2-6-12-32)36-13-7-8-14-41(36)50-46(37)45(35)49-40;1-2-7-29(8-3-1)30-12-18-33(19-13-30)42-38-10-4-5-11-41(38)50-46-39(42)24-21-35-22-25-40(49-44(35)46)32-16-14-31(15-17-32)36-26-28-48-45-37(36)23-20-34-9-6-27-47-43(34)45/h2*1-28H. The molecule has 20 aromatic rings. The molecule has 12 aromatic carbocycles. The Hall–Kier alpha value is -13.6. The Labute approximate surface area is 575 Å². The average Bonchev–Trinajstić information content (AvgIpc) is 0.748. The van der Waals surface area contributed by atoms with Crippen molar-refractivity contribution in [2.24, 2.45) is 0 Å². The van der Waals surface area contributed by atoms with Crippen LogP contribution >= 0.6 is 0 Å². The molecule has 0 radical (unpaired) electrons. The van der Waals surface area contributed by atoms with Gasteiger partial charge in [0.25, 0.3) is 0 Å². The maximum Gasteiger partial charge on any atom is 0.0978 e. The van der Waals surface area contributed by atoms with Gasteiger partial charge in [-0.3, -0.25) is 9.97 Å². The van der Waals surface area contributed by atoms with Gasteiger partial charge in [-0.05, 0) is 81.9 Å². The van der Waals surface area contributed by atoms with Crippen LogP contribution in [0.2, 0.25) is 0 Å². The molecule has 8 aromatic heterocycles. The summed E-state index contributed by atoms with van der Waals surface area (Å²) in [5.41, 5.74) is 26.4. The van der Waals surface area contributed by atoms with Gasteiger partial charge in [-0.25, -0.2) is 29.9 Å². The van der Waals surface area contributed by atoms with E-state index in [2.05, 4.69) is 302 Å². The maximum atomic E-state index is 5.27. The Bertz CT molecular complexity index is 6610. The fourth-order valence-corrected chi connectivity index (χ4v) is 14.4. The van der Waals surface area contributed by atoms with E-state index in [9.17, 15) is 0 Å². The molecule has 8 nitrogen and oxygen atoms in total. The summed E-state index contributed by atoms with van der Waals surface area (Å²) in [5, 5.41) is 10.9. The first-order chi connectivity index (χ1) is 49.5. The highest BCUT2D eigenvalue weighted by molar-refractivity contribution is 6.18. The van der Waals surface area contributed by atoms with Gasteiger partial charge >= 0.3 is 0 Å². The van der Waals surface area contributed by atoms with E-state index < -0.39 is 0 Å². The van der Waals surface area contributed by atoms with Crippen LogP contribution in [0.5, 0.6) is 0 Å². The molecule has 0 saturated heterocycles. The topological polar surface area (TPSA) is 103 Å². The highest BCUT2D eigenvalue weighted by Crippen LogP contribution is 2.42. The van der Waals surface area contributed by atoms with Gasteiger partial charge in [0.2, 0.25) is 0 Å². The third kappa shape index (κ3) is 10.3. The first kappa shape index (κ1) is 57.9. The van der Waals surface area contributed by atoms with E-state index in [-0.39, 0.29) is 0 Å². The lowest BCUT2D eigenvalue weighted by Crippen LogP contribution is -1.93. The number of fused-ring (bicyclic) bond motifs is 14. The Balaban J connectivity index is 0.000000139. The lowest BCUT2D eigenvalue weighted by atomic mass is 9.93. The summed E-state index contributed by atoms with van der Waals surface area (Å²) >= 11 is 0. The zero-order valence-electron chi connectivity index (χ0n) is 53.9. The van der Waals surface area contributed by atoms with Crippen LogP contribution in [0.1, 0.15) is 0 Å². The molecule has 0 amide bonds. The molecule has 0 spiro atoms. The predicted octanol–water partition coefficient (Wildman–Crippen LogP) is 23.4. The number of hydrogen-bond donors (Lipinski definition) is 0. The number of rotatable bonds is 8. The van der Waals surface area contributed by atoms with Crippen molar-refractivity contribution in [3.05, 3.63) is 340 Å². The number of benzene rings is 12. The monoisotopic (exact) mass is 1270 g/mol.